The maximum Gasteiger partial charge on any atom is 0.263 e. The maximum absolute atomic E-state index is 13.3. The van der Waals surface area contributed by atoms with Crippen molar-refractivity contribution >= 4 is 23.6 Å². The van der Waals surface area contributed by atoms with Crippen molar-refractivity contribution in [2.75, 3.05) is 25.2 Å². The van der Waals surface area contributed by atoms with E-state index in [4.69, 9.17) is 0 Å². The van der Waals surface area contributed by atoms with Gasteiger partial charge in [-0.3, -0.25) is 14.4 Å². The Labute approximate surface area is 180 Å². The molecule has 7 nitrogen and oxygen atoms in total. The molecular formula is C22H29N3O4S. The van der Waals surface area contributed by atoms with Crippen LogP contribution in [0.1, 0.15) is 59.6 Å². The van der Waals surface area contributed by atoms with Crippen LogP contribution >= 0.6 is 11.8 Å². The van der Waals surface area contributed by atoms with E-state index in [-0.39, 0.29) is 29.7 Å². The van der Waals surface area contributed by atoms with Gasteiger partial charge in [0.2, 0.25) is 5.91 Å². The van der Waals surface area contributed by atoms with Crippen LogP contribution in [0.3, 0.4) is 0 Å². The van der Waals surface area contributed by atoms with Gasteiger partial charge in [0.25, 0.3) is 11.5 Å². The lowest BCUT2D eigenvalue weighted by Crippen LogP contribution is -2.51. The molecule has 30 heavy (non-hydrogen) atoms. The predicted octanol–water partition coefficient (Wildman–Crippen LogP) is 1.63. The van der Waals surface area contributed by atoms with Crippen LogP contribution in [-0.2, 0) is 17.8 Å². The number of carbonyl (C=O) groups is 2. The molecule has 0 saturated heterocycles. The molecule has 8 heteroatoms. The summed E-state index contributed by atoms with van der Waals surface area (Å²) in [4.78, 5) is 40.8. The van der Waals surface area contributed by atoms with Crippen molar-refractivity contribution < 1.29 is 14.7 Å². The van der Waals surface area contributed by atoms with Gasteiger partial charge in [-0.25, -0.2) is 0 Å². The normalized spacial score (nSPS) is 19.6. The van der Waals surface area contributed by atoms with E-state index in [1.165, 1.54) is 0 Å². The molecule has 2 heterocycles. The first-order chi connectivity index (χ1) is 14.5. The zero-order valence-corrected chi connectivity index (χ0v) is 18.2. The second-order valence-electron chi connectivity index (χ2n) is 8.53. The van der Waals surface area contributed by atoms with Crippen molar-refractivity contribution in [1.82, 2.24) is 14.8 Å². The number of aliphatic hydroxyl groups is 1. The molecule has 0 aromatic carbocycles. The van der Waals surface area contributed by atoms with Crippen molar-refractivity contribution in [3.63, 3.8) is 0 Å². The highest BCUT2D eigenvalue weighted by molar-refractivity contribution is 7.98. The highest BCUT2D eigenvalue weighted by Gasteiger charge is 2.36. The number of thioether (sulfide) groups is 1. The second-order valence-corrected chi connectivity index (χ2v) is 9.52. The molecule has 0 unspecified atom stereocenters. The Hall–Kier alpha value is -2.06. The molecule has 2 N–H and O–H groups in total. The van der Waals surface area contributed by atoms with E-state index in [2.05, 4.69) is 5.32 Å². The van der Waals surface area contributed by atoms with E-state index >= 15 is 0 Å². The topological polar surface area (TPSA) is 91.6 Å². The van der Waals surface area contributed by atoms with E-state index in [0.29, 0.717) is 38.8 Å². The quantitative estimate of drug-likeness (QED) is 0.641. The van der Waals surface area contributed by atoms with Crippen LogP contribution in [0.5, 0.6) is 0 Å². The molecule has 1 fully saturated rings. The Bertz CT molecular complexity index is 927. The van der Waals surface area contributed by atoms with Crippen LogP contribution in [0.25, 0.3) is 0 Å². The molecule has 4 rings (SSSR count). The summed E-state index contributed by atoms with van der Waals surface area (Å²) in [5.41, 5.74) is 0.844. The Kier molecular flexibility index (Phi) is 6.06. The summed E-state index contributed by atoms with van der Waals surface area (Å²) in [6, 6.07) is 0.136. The Morgan fingerprint density at radius 2 is 2.03 bits per heavy atom. The van der Waals surface area contributed by atoms with E-state index in [0.717, 1.165) is 29.7 Å². The van der Waals surface area contributed by atoms with Crippen molar-refractivity contribution in [1.29, 1.82) is 0 Å². The summed E-state index contributed by atoms with van der Waals surface area (Å²) < 4.78 is 1.68. The minimum absolute atomic E-state index is 0.112. The van der Waals surface area contributed by atoms with Crippen LogP contribution in [-0.4, -0.2) is 57.1 Å². The van der Waals surface area contributed by atoms with E-state index < -0.39 is 11.4 Å². The van der Waals surface area contributed by atoms with Gasteiger partial charge in [0.1, 0.15) is 5.56 Å². The smallest absolute Gasteiger partial charge is 0.263 e. The first-order valence-electron chi connectivity index (χ1n) is 10.6. The van der Waals surface area contributed by atoms with E-state index in [9.17, 15) is 19.5 Å². The molecule has 162 valence electrons. The lowest BCUT2D eigenvalue weighted by Gasteiger charge is -2.32. The number of aliphatic hydroxyl groups excluding tert-OH is 1. The molecular weight excluding hydrogens is 402 g/mol. The number of nitrogens with zero attached hydrogens (tertiary/aromatic N) is 2. The van der Waals surface area contributed by atoms with Gasteiger partial charge in [-0.2, -0.15) is 11.8 Å². The fourth-order valence-electron chi connectivity index (χ4n) is 4.37. The molecule has 2 aliphatic carbocycles. The maximum atomic E-state index is 13.3. The van der Waals surface area contributed by atoms with Gasteiger partial charge in [0.15, 0.2) is 0 Å². The Morgan fingerprint density at radius 3 is 2.67 bits per heavy atom. The summed E-state index contributed by atoms with van der Waals surface area (Å²) >= 11 is 1.65. The van der Waals surface area contributed by atoms with Crippen molar-refractivity contribution in [2.45, 2.75) is 56.7 Å². The van der Waals surface area contributed by atoms with Crippen LogP contribution in [0, 0.1) is 0 Å². The van der Waals surface area contributed by atoms with Gasteiger partial charge >= 0.3 is 0 Å². The van der Waals surface area contributed by atoms with E-state index in [1.807, 2.05) is 29.5 Å². The highest BCUT2D eigenvalue weighted by Crippen LogP contribution is 2.35. The fraction of sp³-hybridized carbons (Fsp3) is 0.591. The number of aromatic nitrogens is 1. The van der Waals surface area contributed by atoms with Gasteiger partial charge in [0, 0.05) is 37.5 Å². The molecule has 1 aliphatic heterocycles. The van der Waals surface area contributed by atoms with Gasteiger partial charge < -0.3 is 19.9 Å². The molecule has 1 aromatic rings. The number of rotatable bonds is 7. The summed E-state index contributed by atoms with van der Waals surface area (Å²) in [5.74, 6) is 0.488. The number of nitrogens with one attached hydrogen (secondary N) is 1. The molecule has 2 amide bonds. The minimum Gasteiger partial charge on any atom is -0.394 e. The van der Waals surface area contributed by atoms with Gasteiger partial charge in [0.05, 0.1) is 12.1 Å². The lowest BCUT2D eigenvalue weighted by molar-refractivity contribution is -0.131. The highest BCUT2D eigenvalue weighted by atomic mass is 32.2. The average Bonchev–Trinajstić information content (AvgIpc) is 3.49. The largest absolute Gasteiger partial charge is 0.394 e. The first kappa shape index (κ1) is 21.2. The molecule has 0 bridgehead atoms. The zero-order chi connectivity index (χ0) is 21.3. The molecule has 1 saturated carbocycles. The van der Waals surface area contributed by atoms with Crippen molar-refractivity contribution in [2.24, 2.45) is 0 Å². The molecule has 0 spiro atoms. The first-order valence-corrected chi connectivity index (χ1v) is 12.0. The van der Waals surface area contributed by atoms with Gasteiger partial charge in [-0.15, -0.1) is 0 Å². The molecule has 0 atom stereocenters. The summed E-state index contributed by atoms with van der Waals surface area (Å²) in [6.45, 7) is 0.776. The second kappa shape index (κ2) is 8.59. The standard InChI is InChI=1S/C22H29N3O4S/c1-30-11-7-18(27)24-10-6-17-15(12-24)13-25(16-4-5-16)21(29)19(17)20(28)23-22(14-26)8-2-3-9-22/h2-3,13,16,26H,4-12,14H2,1H3,(H,23,28). The van der Waals surface area contributed by atoms with Crippen LogP contribution in [0.4, 0.5) is 0 Å². The zero-order valence-electron chi connectivity index (χ0n) is 17.4. The van der Waals surface area contributed by atoms with Gasteiger partial charge in [-0.05, 0) is 49.5 Å². The van der Waals surface area contributed by atoms with Crippen LogP contribution in [0.2, 0.25) is 0 Å². The fourth-order valence-corrected chi connectivity index (χ4v) is 4.75. The third-order valence-electron chi connectivity index (χ3n) is 6.33. The number of fused-ring (bicyclic) bond motifs is 1. The number of carbonyl (C=O) groups excluding carboxylic acids is 2. The van der Waals surface area contributed by atoms with Crippen LogP contribution in [0.15, 0.2) is 23.1 Å². The Balaban J connectivity index is 1.66. The summed E-state index contributed by atoms with van der Waals surface area (Å²) in [6.07, 6.45) is 11.7. The SMILES string of the molecule is CSCCC(=O)N1CCc2c(cn(C3CC3)c(=O)c2C(=O)NC2(CO)CC=CC2)C1. The van der Waals surface area contributed by atoms with Gasteiger partial charge in [-0.1, -0.05) is 12.2 Å². The molecule has 1 aromatic heterocycles. The van der Waals surface area contributed by atoms with Crippen molar-refractivity contribution in [3.05, 3.63) is 45.4 Å². The van der Waals surface area contributed by atoms with Crippen molar-refractivity contribution in [3.8, 4) is 0 Å². The third kappa shape index (κ3) is 4.07. The number of hydrogen-bond donors (Lipinski definition) is 2. The average molecular weight is 432 g/mol. The number of hydrogen-bond acceptors (Lipinski definition) is 5. The Morgan fingerprint density at radius 1 is 1.30 bits per heavy atom. The van der Waals surface area contributed by atoms with E-state index in [1.54, 1.807) is 16.3 Å². The minimum atomic E-state index is -0.731. The number of amides is 2. The molecule has 3 aliphatic rings. The lowest BCUT2D eigenvalue weighted by atomic mass is 9.93. The third-order valence-corrected chi connectivity index (χ3v) is 6.94. The summed E-state index contributed by atoms with van der Waals surface area (Å²) in [7, 11) is 0. The van der Waals surface area contributed by atoms with Crippen LogP contribution < -0.4 is 10.9 Å². The predicted molar refractivity (Wildman–Crippen MR) is 117 cm³/mol. The molecule has 0 radical (unpaired) electrons. The number of pyridine rings is 1. The monoisotopic (exact) mass is 431 g/mol. The summed E-state index contributed by atoms with van der Waals surface area (Å²) in [5, 5.41) is 12.8.